The predicted octanol–water partition coefficient (Wildman–Crippen LogP) is 5.85. The van der Waals surface area contributed by atoms with Crippen LogP contribution in [0.4, 0.5) is 0 Å². The highest BCUT2D eigenvalue weighted by Gasteiger charge is 2.08. The molecule has 0 aliphatic heterocycles. The number of aryl methyl sites for hydroxylation is 2. The molecule has 28 heavy (non-hydrogen) atoms. The first kappa shape index (κ1) is 23.4. The summed E-state index contributed by atoms with van der Waals surface area (Å²) in [7, 11) is 1.76. The van der Waals surface area contributed by atoms with Crippen LogP contribution in [0.25, 0.3) is 5.70 Å². The Labute approximate surface area is 171 Å². The van der Waals surface area contributed by atoms with Crippen LogP contribution in [0.5, 0.6) is 0 Å². The van der Waals surface area contributed by atoms with Crippen molar-refractivity contribution in [2.24, 2.45) is 16.6 Å². The highest BCUT2D eigenvalue weighted by molar-refractivity contribution is 5.72. The van der Waals surface area contributed by atoms with Crippen LogP contribution >= 0.6 is 0 Å². The monoisotopic (exact) mass is 377 g/mol. The minimum atomic E-state index is 0.590. The molecule has 2 N–H and O–H groups in total. The summed E-state index contributed by atoms with van der Waals surface area (Å²) in [5.41, 5.74) is 11.9. The summed E-state index contributed by atoms with van der Waals surface area (Å²) in [6.45, 7) is 14.7. The van der Waals surface area contributed by atoms with Crippen LogP contribution in [-0.4, -0.2) is 18.2 Å². The summed E-state index contributed by atoms with van der Waals surface area (Å²) in [6, 6.07) is 2.05. The maximum atomic E-state index is 6.02. The fourth-order valence-corrected chi connectivity index (χ4v) is 2.73. The van der Waals surface area contributed by atoms with Crippen molar-refractivity contribution < 1.29 is 0 Å². The standard InChI is InChI=1S/C25H35N3/c1-7-24-17-25(21(5)26)23(18-28-24)15-14-22(13-9-8-11-19(2)3)20(4)12-10-16-27-6/h8-10,12-13,16-19H,4-5,7,11,14-15,26H2,1-3,6H3/b9-8-,12-10+,22-13-,27-16?. The summed E-state index contributed by atoms with van der Waals surface area (Å²) in [5, 5.41) is 0. The average molecular weight is 378 g/mol. The van der Waals surface area contributed by atoms with Crippen molar-refractivity contribution in [2.45, 2.75) is 46.5 Å². The van der Waals surface area contributed by atoms with Gasteiger partial charge in [-0.3, -0.25) is 9.98 Å². The lowest BCUT2D eigenvalue weighted by atomic mass is 9.95. The van der Waals surface area contributed by atoms with Gasteiger partial charge in [-0.15, -0.1) is 0 Å². The Bertz CT molecular complexity index is 777. The fourth-order valence-electron chi connectivity index (χ4n) is 2.73. The van der Waals surface area contributed by atoms with E-state index in [0.29, 0.717) is 11.6 Å². The zero-order valence-corrected chi connectivity index (χ0v) is 17.9. The first-order chi connectivity index (χ1) is 13.4. The van der Waals surface area contributed by atoms with Gasteiger partial charge in [-0.25, -0.2) is 0 Å². The van der Waals surface area contributed by atoms with Crippen LogP contribution < -0.4 is 5.73 Å². The SMILES string of the molecule is C=C(/C=C/C=NC)/C(=C\C=C/CC(C)C)CCc1cnc(CC)cc1C(=C)N. The summed E-state index contributed by atoms with van der Waals surface area (Å²) in [4.78, 5) is 8.52. The molecule has 0 fully saturated rings. The normalized spacial score (nSPS) is 12.7. The molecule has 1 heterocycles. The summed E-state index contributed by atoms with van der Waals surface area (Å²) < 4.78 is 0. The lowest BCUT2D eigenvalue weighted by molar-refractivity contribution is 0.664. The third-order valence-corrected chi connectivity index (χ3v) is 4.40. The number of nitrogens with two attached hydrogens (primary N) is 1. The molecular formula is C25H35N3. The second-order valence-electron chi connectivity index (χ2n) is 7.25. The topological polar surface area (TPSA) is 51.3 Å². The Kier molecular flexibility index (Phi) is 10.6. The molecule has 150 valence electrons. The number of aliphatic imine (C=N–C) groups is 1. The van der Waals surface area contributed by atoms with Crippen LogP contribution in [0.15, 0.2) is 71.9 Å². The van der Waals surface area contributed by atoms with Gasteiger partial charge in [0, 0.05) is 36.4 Å². The third-order valence-electron chi connectivity index (χ3n) is 4.40. The second kappa shape index (κ2) is 12.7. The molecule has 0 unspecified atom stereocenters. The van der Waals surface area contributed by atoms with E-state index < -0.39 is 0 Å². The molecule has 0 saturated heterocycles. The number of nitrogens with zero attached hydrogens (tertiary/aromatic N) is 2. The van der Waals surface area contributed by atoms with Gasteiger partial charge >= 0.3 is 0 Å². The van der Waals surface area contributed by atoms with Crippen molar-refractivity contribution in [1.82, 2.24) is 4.98 Å². The molecule has 0 bridgehead atoms. The summed E-state index contributed by atoms with van der Waals surface area (Å²) in [6.07, 6.45) is 17.7. The van der Waals surface area contributed by atoms with Crippen molar-refractivity contribution in [3.05, 3.63) is 83.8 Å². The second-order valence-corrected chi connectivity index (χ2v) is 7.25. The Hall–Kier alpha value is -2.68. The number of rotatable bonds is 11. The van der Waals surface area contributed by atoms with Gasteiger partial charge in [0.25, 0.3) is 0 Å². The van der Waals surface area contributed by atoms with E-state index in [4.69, 9.17) is 5.73 Å². The molecule has 1 aromatic rings. The van der Waals surface area contributed by atoms with E-state index in [9.17, 15) is 0 Å². The summed E-state index contributed by atoms with van der Waals surface area (Å²) >= 11 is 0. The Balaban J connectivity index is 3.03. The first-order valence-electron chi connectivity index (χ1n) is 9.95. The van der Waals surface area contributed by atoms with E-state index in [0.717, 1.165) is 48.1 Å². The van der Waals surface area contributed by atoms with Gasteiger partial charge in [0.05, 0.1) is 0 Å². The average Bonchev–Trinajstić information content (AvgIpc) is 2.67. The van der Waals surface area contributed by atoms with Gasteiger partial charge in [-0.05, 0) is 60.5 Å². The molecule has 0 aliphatic carbocycles. The van der Waals surface area contributed by atoms with E-state index >= 15 is 0 Å². The number of allylic oxidation sites excluding steroid dienone is 7. The fraction of sp³-hybridized carbons (Fsp3) is 0.360. The molecule has 0 aliphatic rings. The summed E-state index contributed by atoms with van der Waals surface area (Å²) in [5.74, 6) is 0.651. The maximum absolute atomic E-state index is 6.02. The van der Waals surface area contributed by atoms with Crippen LogP contribution in [0.3, 0.4) is 0 Å². The lowest BCUT2D eigenvalue weighted by Crippen LogP contribution is -2.04. The largest absolute Gasteiger partial charge is 0.399 e. The Morgan fingerprint density at radius 3 is 2.64 bits per heavy atom. The molecule has 0 radical (unpaired) electrons. The molecule has 3 heteroatoms. The molecule has 0 saturated carbocycles. The lowest BCUT2D eigenvalue weighted by Gasteiger charge is -2.12. The van der Waals surface area contributed by atoms with Crippen LogP contribution in [0.1, 0.15) is 50.4 Å². The van der Waals surface area contributed by atoms with Crippen LogP contribution in [-0.2, 0) is 12.8 Å². The van der Waals surface area contributed by atoms with Gasteiger partial charge in [0.15, 0.2) is 0 Å². The number of aromatic nitrogens is 1. The van der Waals surface area contributed by atoms with Crippen molar-refractivity contribution >= 4 is 11.9 Å². The van der Waals surface area contributed by atoms with Crippen molar-refractivity contribution in [1.29, 1.82) is 0 Å². The minimum absolute atomic E-state index is 0.590. The van der Waals surface area contributed by atoms with E-state index in [1.54, 1.807) is 13.3 Å². The zero-order valence-electron chi connectivity index (χ0n) is 17.9. The van der Waals surface area contributed by atoms with Gasteiger partial charge in [0.1, 0.15) is 0 Å². The molecule has 3 nitrogen and oxygen atoms in total. The highest BCUT2D eigenvalue weighted by Crippen LogP contribution is 2.22. The molecule has 0 aromatic carbocycles. The molecule has 0 atom stereocenters. The van der Waals surface area contributed by atoms with Crippen molar-refractivity contribution in [3.8, 4) is 0 Å². The molecule has 1 rings (SSSR count). The maximum Gasteiger partial charge on any atom is 0.0407 e. The minimum Gasteiger partial charge on any atom is -0.399 e. The van der Waals surface area contributed by atoms with Gasteiger partial charge in [0.2, 0.25) is 0 Å². The predicted molar refractivity (Wildman–Crippen MR) is 125 cm³/mol. The Morgan fingerprint density at radius 1 is 1.29 bits per heavy atom. The number of hydrogen-bond donors (Lipinski definition) is 1. The molecule has 1 aromatic heterocycles. The van der Waals surface area contributed by atoms with E-state index in [2.05, 4.69) is 68.2 Å². The third kappa shape index (κ3) is 8.34. The highest BCUT2D eigenvalue weighted by atomic mass is 14.7. The van der Waals surface area contributed by atoms with E-state index in [-0.39, 0.29) is 0 Å². The van der Waals surface area contributed by atoms with Crippen LogP contribution in [0, 0.1) is 5.92 Å². The van der Waals surface area contributed by atoms with Crippen molar-refractivity contribution in [3.63, 3.8) is 0 Å². The first-order valence-corrected chi connectivity index (χ1v) is 9.95. The van der Waals surface area contributed by atoms with E-state index in [1.807, 2.05) is 18.3 Å². The molecule has 0 spiro atoms. The van der Waals surface area contributed by atoms with Gasteiger partial charge < -0.3 is 5.73 Å². The van der Waals surface area contributed by atoms with Crippen LogP contribution in [0.2, 0.25) is 0 Å². The quantitative estimate of drug-likeness (QED) is 0.388. The van der Waals surface area contributed by atoms with E-state index in [1.165, 1.54) is 5.57 Å². The van der Waals surface area contributed by atoms with Gasteiger partial charge in [-0.1, -0.05) is 58.2 Å². The number of pyridine rings is 1. The zero-order chi connectivity index (χ0) is 20.9. The number of hydrogen-bond acceptors (Lipinski definition) is 3. The molecular weight excluding hydrogens is 342 g/mol. The molecule has 0 amide bonds. The smallest absolute Gasteiger partial charge is 0.0407 e. The van der Waals surface area contributed by atoms with Crippen molar-refractivity contribution in [2.75, 3.05) is 7.05 Å². The Morgan fingerprint density at radius 2 is 2.04 bits per heavy atom. The van der Waals surface area contributed by atoms with Gasteiger partial charge in [-0.2, -0.15) is 0 Å².